The van der Waals surface area contributed by atoms with E-state index in [4.69, 9.17) is 0 Å². The number of rotatable bonds is 7. The van der Waals surface area contributed by atoms with E-state index in [9.17, 15) is 14.4 Å². The molecule has 30 heavy (non-hydrogen) atoms. The van der Waals surface area contributed by atoms with E-state index < -0.39 is 11.8 Å². The highest BCUT2D eigenvalue weighted by Crippen LogP contribution is 2.50. The Kier molecular flexibility index (Phi) is 5.71. The molecule has 0 saturated carbocycles. The Labute approximate surface area is 176 Å². The van der Waals surface area contributed by atoms with Crippen LogP contribution in [0.15, 0.2) is 84.9 Å². The molecule has 0 aliphatic heterocycles. The molecule has 0 bridgehead atoms. The Morgan fingerprint density at radius 2 is 1.23 bits per heavy atom. The Morgan fingerprint density at radius 1 is 0.700 bits per heavy atom. The van der Waals surface area contributed by atoms with Gasteiger partial charge in [0.1, 0.15) is 5.78 Å². The van der Waals surface area contributed by atoms with Crippen LogP contribution >= 0.6 is 0 Å². The maximum Gasteiger partial charge on any atom is 0.167 e. The molecule has 3 atom stereocenters. The molecule has 3 nitrogen and oxygen atoms in total. The summed E-state index contributed by atoms with van der Waals surface area (Å²) in [4.78, 5) is 39.7. The summed E-state index contributed by atoms with van der Waals surface area (Å²) in [6, 6.07) is 26.0. The van der Waals surface area contributed by atoms with Crippen LogP contribution in [0.5, 0.6) is 0 Å². The predicted octanol–water partition coefficient (Wildman–Crippen LogP) is 5.62. The maximum atomic E-state index is 13.6. The molecular formula is C27H24O3. The van der Waals surface area contributed by atoms with Gasteiger partial charge in [0.15, 0.2) is 11.6 Å². The van der Waals surface area contributed by atoms with Crippen LogP contribution in [0.2, 0.25) is 0 Å². The summed E-state index contributed by atoms with van der Waals surface area (Å²) >= 11 is 0. The Hall–Kier alpha value is -3.33. The lowest BCUT2D eigenvalue weighted by molar-refractivity contribution is -0.121. The molecule has 3 heteroatoms. The van der Waals surface area contributed by atoms with Crippen LogP contribution in [-0.2, 0) is 4.79 Å². The minimum absolute atomic E-state index is 0.00846. The SMILES string of the molecule is CCC(=O)[C@@H]1c2ccccc2[C@@H](CC(=O)c2ccccc2)[C@H]1C(=O)c1ccccc1. The zero-order valence-corrected chi connectivity index (χ0v) is 17.0. The van der Waals surface area contributed by atoms with Crippen molar-refractivity contribution in [2.24, 2.45) is 5.92 Å². The summed E-state index contributed by atoms with van der Waals surface area (Å²) in [6.45, 7) is 1.83. The third kappa shape index (κ3) is 3.63. The number of hydrogen-bond donors (Lipinski definition) is 0. The molecule has 0 heterocycles. The van der Waals surface area contributed by atoms with Gasteiger partial charge >= 0.3 is 0 Å². The van der Waals surface area contributed by atoms with Gasteiger partial charge in [0.2, 0.25) is 0 Å². The van der Waals surface area contributed by atoms with Crippen LogP contribution in [0.1, 0.15) is 63.4 Å². The fourth-order valence-electron chi connectivity index (χ4n) is 4.65. The van der Waals surface area contributed by atoms with Crippen molar-refractivity contribution >= 4 is 17.3 Å². The van der Waals surface area contributed by atoms with Gasteiger partial charge in [-0.3, -0.25) is 14.4 Å². The van der Waals surface area contributed by atoms with Crippen LogP contribution in [0, 0.1) is 5.92 Å². The molecule has 0 unspecified atom stereocenters. The van der Waals surface area contributed by atoms with E-state index in [1.165, 1.54) is 0 Å². The quantitative estimate of drug-likeness (QED) is 0.487. The summed E-state index contributed by atoms with van der Waals surface area (Å²) < 4.78 is 0. The maximum absolute atomic E-state index is 13.6. The molecule has 0 amide bonds. The molecule has 0 radical (unpaired) electrons. The third-order valence-electron chi connectivity index (χ3n) is 6.08. The van der Waals surface area contributed by atoms with Gasteiger partial charge < -0.3 is 0 Å². The number of Topliss-reactive ketones (excluding diaryl/α,β-unsaturated/α-hetero) is 3. The summed E-state index contributed by atoms with van der Waals surface area (Å²) in [7, 11) is 0. The molecule has 0 fully saturated rings. The first-order valence-corrected chi connectivity index (χ1v) is 10.4. The van der Waals surface area contributed by atoms with Crippen LogP contribution in [0.4, 0.5) is 0 Å². The first-order chi connectivity index (χ1) is 14.6. The van der Waals surface area contributed by atoms with Crippen LogP contribution < -0.4 is 0 Å². The summed E-state index contributed by atoms with van der Waals surface area (Å²) in [5.41, 5.74) is 3.06. The fourth-order valence-corrected chi connectivity index (χ4v) is 4.65. The standard InChI is InChI=1S/C27H24O3/c1-2-23(28)25-21-16-10-9-15-20(21)22(17-24(29)18-11-5-3-6-12-18)26(25)27(30)19-13-7-4-8-14-19/h3-16,22,25-26H,2,17H2,1H3/t22-,25+,26-/m1/s1. The third-order valence-corrected chi connectivity index (χ3v) is 6.08. The largest absolute Gasteiger partial charge is 0.299 e. The van der Waals surface area contributed by atoms with Crippen molar-refractivity contribution < 1.29 is 14.4 Å². The van der Waals surface area contributed by atoms with Gasteiger partial charge in [0.25, 0.3) is 0 Å². The van der Waals surface area contributed by atoms with E-state index in [2.05, 4.69) is 0 Å². The lowest BCUT2D eigenvalue weighted by Crippen LogP contribution is -2.28. The highest BCUT2D eigenvalue weighted by atomic mass is 16.1. The zero-order chi connectivity index (χ0) is 21.1. The Balaban J connectivity index is 1.79. The second-order valence-electron chi connectivity index (χ2n) is 7.78. The highest BCUT2D eigenvalue weighted by Gasteiger charge is 2.47. The predicted molar refractivity (Wildman–Crippen MR) is 117 cm³/mol. The van der Waals surface area contributed by atoms with E-state index in [0.717, 1.165) is 11.1 Å². The van der Waals surface area contributed by atoms with Crippen molar-refractivity contribution in [2.45, 2.75) is 31.6 Å². The number of hydrogen-bond acceptors (Lipinski definition) is 3. The van der Waals surface area contributed by atoms with Gasteiger partial charge in [-0.25, -0.2) is 0 Å². The van der Waals surface area contributed by atoms with Crippen LogP contribution in [0.3, 0.4) is 0 Å². The fraction of sp³-hybridized carbons (Fsp3) is 0.222. The van der Waals surface area contributed by atoms with Crippen molar-refractivity contribution in [1.29, 1.82) is 0 Å². The van der Waals surface area contributed by atoms with Crippen molar-refractivity contribution in [3.8, 4) is 0 Å². The molecule has 150 valence electrons. The van der Waals surface area contributed by atoms with Gasteiger partial charge in [0.05, 0.1) is 5.92 Å². The lowest BCUT2D eigenvalue weighted by atomic mass is 9.76. The highest BCUT2D eigenvalue weighted by molar-refractivity contribution is 6.05. The molecular weight excluding hydrogens is 372 g/mol. The van der Waals surface area contributed by atoms with Crippen molar-refractivity contribution in [1.82, 2.24) is 0 Å². The summed E-state index contributed by atoms with van der Waals surface area (Å²) in [5, 5.41) is 0. The molecule has 0 N–H and O–H groups in total. The normalized spacial score (nSPS) is 19.8. The molecule has 3 aromatic carbocycles. The minimum atomic E-state index is -0.565. The number of benzene rings is 3. The minimum Gasteiger partial charge on any atom is -0.299 e. The topological polar surface area (TPSA) is 51.2 Å². The average Bonchev–Trinajstić information content (AvgIpc) is 3.13. The molecule has 4 rings (SSSR count). The Morgan fingerprint density at radius 3 is 1.83 bits per heavy atom. The van der Waals surface area contributed by atoms with Crippen molar-refractivity contribution in [3.63, 3.8) is 0 Å². The Bertz CT molecular complexity index is 1070. The zero-order valence-electron chi connectivity index (χ0n) is 17.0. The van der Waals surface area contributed by atoms with Crippen molar-refractivity contribution in [2.75, 3.05) is 0 Å². The van der Waals surface area contributed by atoms with Gasteiger partial charge in [-0.05, 0) is 11.1 Å². The molecule has 0 spiro atoms. The van der Waals surface area contributed by atoms with Gasteiger partial charge in [-0.2, -0.15) is 0 Å². The lowest BCUT2D eigenvalue weighted by Gasteiger charge is -2.23. The molecule has 0 saturated heterocycles. The van der Waals surface area contributed by atoms with E-state index in [0.29, 0.717) is 17.5 Å². The van der Waals surface area contributed by atoms with Crippen LogP contribution in [-0.4, -0.2) is 17.3 Å². The van der Waals surface area contributed by atoms with E-state index in [1.54, 1.807) is 24.3 Å². The van der Waals surface area contributed by atoms with Gasteiger partial charge in [0, 0.05) is 35.8 Å². The number of carbonyl (C=O) groups is 3. The molecule has 1 aliphatic rings. The first kappa shape index (κ1) is 20.0. The molecule has 0 aromatic heterocycles. The van der Waals surface area contributed by atoms with Gasteiger partial charge in [-0.1, -0.05) is 91.9 Å². The number of fused-ring (bicyclic) bond motifs is 1. The van der Waals surface area contributed by atoms with Crippen LogP contribution in [0.25, 0.3) is 0 Å². The van der Waals surface area contributed by atoms with E-state index in [1.807, 2.05) is 67.6 Å². The smallest absolute Gasteiger partial charge is 0.167 e. The monoisotopic (exact) mass is 396 g/mol. The second-order valence-corrected chi connectivity index (χ2v) is 7.78. The number of carbonyl (C=O) groups excluding carboxylic acids is 3. The average molecular weight is 396 g/mol. The number of ketones is 3. The van der Waals surface area contributed by atoms with E-state index >= 15 is 0 Å². The van der Waals surface area contributed by atoms with Gasteiger partial charge in [-0.15, -0.1) is 0 Å². The molecule has 3 aromatic rings. The summed E-state index contributed by atoms with van der Waals surface area (Å²) in [5.74, 6) is -1.42. The summed E-state index contributed by atoms with van der Waals surface area (Å²) in [6.07, 6.45) is 0.564. The van der Waals surface area contributed by atoms with Crippen molar-refractivity contribution in [3.05, 3.63) is 107 Å². The van der Waals surface area contributed by atoms with E-state index in [-0.39, 0.29) is 29.7 Å². The molecule has 1 aliphatic carbocycles. The first-order valence-electron chi connectivity index (χ1n) is 10.4. The second kappa shape index (κ2) is 8.58.